The van der Waals surface area contributed by atoms with Crippen molar-refractivity contribution in [2.45, 2.75) is 17.7 Å². The van der Waals surface area contributed by atoms with Crippen LogP contribution in [-0.2, 0) is 16.6 Å². The molecule has 1 aromatic heterocycles. The van der Waals surface area contributed by atoms with E-state index in [-0.39, 0.29) is 16.6 Å². The van der Waals surface area contributed by atoms with E-state index in [4.69, 9.17) is 4.74 Å². The molecule has 0 aliphatic heterocycles. The molecular formula is C12H13N3O4S. The average molecular weight is 295 g/mol. The van der Waals surface area contributed by atoms with Gasteiger partial charge in [0.1, 0.15) is 5.75 Å². The van der Waals surface area contributed by atoms with E-state index in [0.29, 0.717) is 11.6 Å². The molecule has 8 heteroatoms. The van der Waals surface area contributed by atoms with Gasteiger partial charge in [-0.3, -0.25) is 4.21 Å². The maximum absolute atomic E-state index is 12.2. The monoisotopic (exact) mass is 295 g/mol. The number of rotatable bonds is 5. The molecule has 0 fully saturated rings. The first-order valence-electron chi connectivity index (χ1n) is 5.73. The minimum atomic E-state index is -1.58. The number of aromatic nitrogens is 2. The van der Waals surface area contributed by atoms with Crippen molar-refractivity contribution < 1.29 is 13.9 Å². The minimum absolute atomic E-state index is 0.0247. The number of aromatic amines is 1. The van der Waals surface area contributed by atoms with E-state index < -0.39 is 15.7 Å². The van der Waals surface area contributed by atoms with Crippen molar-refractivity contribution in [3.63, 3.8) is 0 Å². The highest BCUT2D eigenvalue weighted by Gasteiger charge is 2.23. The van der Waals surface area contributed by atoms with Crippen LogP contribution in [0, 0.1) is 17.0 Å². The summed E-state index contributed by atoms with van der Waals surface area (Å²) >= 11 is 0. The van der Waals surface area contributed by atoms with E-state index in [1.165, 1.54) is 0 Å². The zero-order valence-electron chi connectivity index (χ0n) is 11.0. The van der Waals surface area contributed by atoms with Gasteiger partial charge in [-0.25, -0.2) is 4.98 Å². The Kier molecular flexibility index (Phi) is 4.14. The van der Waals surface area contributed by atoms with E-state index in [1.807, 2.05) is 0 Å². The predicted octanol–water partition coefficient (Wildman–Crippen LogP) is 1.94. The lowest BCUT2D eigenvalue weighted by molar-refractivity contribution is -0.392. The zero-order chi connectivity index (χ0) is 14.7. The highest BCUT2D eigenvalue weighted by molar-refractivity contribution is 7.84. The molecule has 0 saturated heterocycles. The fraction of sp³-hybridized carbons (Fsp3) is 0.250. The lowest BCUT2D eigenvalue weighted by Gasteiger charge is -2.02. The molecule has 1 heterocycles. The second-order valence-corrected chi connectivity index (χ2v) is 5.44. The highest BCUT2D eigenvalue weighted by Crippen LogP contribution is 2.22. The first kappa shape index (κ1) is 14.2. The Morgan fingerprint density at radius 1 is 1.40 bits per heavy atom. The van der Waals surface area contributed by atoms with E-state index in [0.717, 1.165) is 5.56 Å². The van der Waals surface area contributed by atoms with Gasteiger partial charge in [0, 0.05) is 6.92 Å². The van der Waals surface area contributed by atoms with Crippen molar-refractivity contribution in [1.82, 2.24) is 9.97 Å². The standard InChI is InChI=1S/C12H13N3O4S/c1-8-13-11(15(16)17)12(14-8)20(18)7-9-3-5-10(19-2)6-4-9/h3-6H,7H2,1-2H3,(H,13,14). The predicted molar refractivity (Wildman–Crippen MR) is 73.1 cm³/mol. The number of benzene rings is 1. The second kappa shape index (κ2) is 5.83. The number of imidazole rings is 1. The highest BCUT2D eigenvalue weighted by atomic mass is 32.2. The van der Waals surface area contributed by atoms with Gasteiger partial charge in [0.15, 0.2) is 5.82 Å². The summed E-state index contributed by atoms with van der Waals surface area (Å²) in [6.45, 7) is 1.58. The molecule has 1 N–H and O–H groups in total. The molecule has 0 aliphatic carbocycles. The number of aryl methyl sites for hydroxylation is 1. The summed E-state index contributed by atoms with van der Waals surface area (Å²) in [5.74, 6) is 0.917. The van der Waals surface area contributed by atoms with Gasteiger partial charge in [-0.1, -0.05) is 12.1 Å². The summed E-state index contributed by atoms with van der Waals surface area (Å²) in [6.07, 6.45) is 0. The van der Waals surface area contributed by atoms with Crippen LogP contribution in [0.3, 0.4) is 0 Å². The van der Waals surface area contributed by atoms with E-state index >= 15 is 0 Å². The SMILES string of the molecule is COc1ccc(CS(=O)c2nc(C)[nH]c2[N+](=O)[O-])cc1. The van der Waals surface area contributed by atoms with Gasteiger partial charge in [0.25, 0.3) is 0 Å². The zero-order valence-corrected chi connectivity index (χ0v) is 11.8. The Bertz CT molecular complexity index is 651. The van der Waals surface area contributed by atoms with Crippen LogP contribution < -0.4 is 4.74 Å². The van der Waals surface area contributed by atoms with Crippen molar-refractivity contribution in [3.8, 4) is 5.75 Å². The molecule has 0 amide bonds. The molecule has 0 spiro atoms. The van der Waals surface area contributed by atoms with Crippen LogP contribution in [0.1, 0.15) is 11.4 Å². The average Bonchev–Trinajstić information content (AvgIpc) is 2.82. The van der Waals surface area contributed by atoms with E-state index in [1.54, 1.807) is 38.3 Å². The Labute approximate surface area is 117 Å². The number of nitrogens with one attached hydrogen (secondary N) is 1. The third kappa shape index (κ3) is 3.02. The summed E-state index contributed by atoms with van der Waals surface area (Å²) in [5.41, 5.74) is 0.791. The van der Waals surface area contributed by atoms with Crippen LogP contribution in [-0.4, -0.2) is 26.2 Å². The van der Waals surface area contributed by atoms with Crippen molar-refractivity contribution in [3.05, 3.63) is 45.8 Å². The van der Waals surface area contributed by atoms with Crippen LogP contribution >= 0.6 is 0 Å². The first-order chi connectivity index (χ1) is 9.51. The molecule has 1 atom stereocenters. The Morgan fingerprint density at radius 3 is 2.60 bits per heavy atom. The van der Waals surface area contributed by atoms with Crippen molar-refractivity contribution in [2.24, 2.45) is 0 Å². The maximum Gasteiger partial charge on any atom is 0.357 e. The number of hydrogen-bond donors (Lipinski definition) is 1. The van der Waals surface area contributed by atoms with Gasteiger partial charge in [-0.15, -0.1) is 0 Å². The molecule has 1 aromatic carbocycles. The smallest absolute Gasteiger partial charge is 0.357 e. The van der Waals surface area contributed by atoms with Crippen LogP contribution in [0.5, 0.6) is 5.75 Å². The summed E-state index contributed by atoms with van der Waals surface area (Å²) in [4.78, 5) is 16.7. The third-order valence-electron chi connectivity index (χ3n) is 2.63. The summed E-state index contributed by atoms with van der Waals surface area (Å²) in [5, 5.41) is 10.8. The normalized spacial score (nSPS) is 12.1. The number of H-pyrrole nitrogens is 1. The van der Waals surface area contributed by atoms with Crippen LogP contribution in [0.4, 0.5) is 5.82 Å². The molecule has 2 rings (SSSR count). The van der Waals surface area contributed by atoms with Gasteiger partial charge in [0.05, 0.1) is 23.7 Å². The van der Waals surface area contributed by atoms with Crippen LogP contribution in [0.15, 0.2) is 29.3 Å². The number of nitrogens with zero attached hydrogens (tertiary/aromatic N) is 2. The molecule has 0 aliphatic rings. The van der Waals surface area contributed by atoms with Gasteiger partial charge in [-0.2, -0.15) is 4.98 Å². The second-order valence-electron chi connectivity index (χ2n) is 4.07. The Morgan fingerprint density at radius 2 is 2.05 bits per heavy atom. The molecule has 106 valence electrons. The molecule has 2 aromatic rings. The molecule has 0 saturated carbocycles. The minimum Gasteiger partial charge on any atom is -0.497 e. The van der Waals surface area contributed by atoms with E-state index in [9.17, 15) is 14.3 Å². The molecule has 20 heavy (non-hydrogen) atoms. The van der Waals surface area contributed by atoms with Gasteiger partial charge >= 0.3 is 5.82 Å². The van der Waals surface area contributed by atoms with Gasteiger partial charge < -0.3 is 14.9 Å². The molecule has 1 unspecified atom stereocenters. The molecular weight excluding hydrogens is 282 g/mol. The lowest BCUT2D eigenvalue weighted by atomic mass is 10.2. The van der Waals surface area contributed by atoms with E-state index in [2.05, 4.69) is 9.97 Å². The molecule has 7 nitrogen and oxygen atoms in total. The van der Waals surface area contributed by atoms with Crippen LogP contribution in [0.25, 0.3) is 0 Å². The maximum atomic E-state index is 12.2. The topological polar surface area (TPSA) is 98.1 Å². The molecule has 0 bridgehead atoms. The Hall–Kier alpha value is -2.22. The first-order valence-corrected chi connectivity index (χ1v) is 7.05. The van der Waals surface area contributed by atoms with Crippen molar-refractivity contribution >= 4 is 16.6 Å². The summed E-state index contributed by atoms with van der Waals surface area (Å²) < 4.78 is 17.2. The third-order valence-corrected chi connectivity index (χ3v) is 3.94. The summed E-state index contributed by atoms with van der Waals surface area (Å²) in [6, 6.07) is 7.03. The fourth-order valence-corrected chi connectivity index (χ4v) is 2.89. The number of methoxy groups -OCH3 is 1. The Balaban J connectivity index is 2.21. The fourth-order valence-electron chi connectivity index (χ4n) is 1.68. The number of hydrogen-bond acceptors (Lipinski definition) is 5. The van der Waals surface area contributed by atoms with Gasteiger partial charge in [0.2, 0.25) is 5.03 Å². The lowest BCUT2D eigenvalue weighted by Crippen LogP contribution is -2.01. The number of nitro groups is 1. The van der Waals surface area contributed by atoms with Crippen LogP contribution in [0.2, 0.25) is 0 Å². The largest absolute Gasteiger partial charge is 0.497 e. The number of ether oxygens (including phenoxy) is 1. The summed E-state index contributed by atoms with van der Waals surface area (Å²) in [7, 11) is -0.0205. The van der Waals surface area contributed by atoms with Crippen molar-refractivity contribution in [2.75, 3.05) is 7.11 Å². The quantitative estimate of drug-likeness (QED) is 0.671. The van der Waals surface area contributed by atoms with Gasteiger partial charge in [-0.05, 0) is 22.6 Å². The molecule has 0 radical (unpaired) electrons. The van der Waals surface area contributed by atoms with Crippen molar-refractivity contribution in [1.29, 1.82) is 0 Å².